The van der Waals surface area contributed by atoms with Crippen LogP contribution < -0.4 is 14.8 Å². The SMILES string of the molecule is COc1cc(NCc2cnc[nH]2)c([N+](=O)[O-])cc1OC. The third kappa shape index (κ3) is 2.79. The molecule has 0 aliphatic carbocycles. The first-order valence-corrected chi connectivity index (χ1v) is 5.77. The van der Waals surface area contributed by atoms with Gasteiger partial charge in [0.25, 0.3) is 5.69 Å². The van der Waals surface area contributed by atoms with Crippen molar-refractivity contribution >= 4 is 11.4 Å². The minimum absolute atomic E-state index is 0.0813. The molecule has 0 aliphatic heterocycles. The van der Waals surface area contributed by atoms with Crippen LogP contribution in [-0.2, 0) is 6.54 Å². The molecule has 2 aromatic rings. The maximum atomic E-state index is 11.1. The molecule has 1 heterocycles. The van der Waals surface area contributed by atoms with Crippen molar-refractivity contribution in [2.75, 3.05) is 19.5 Å². The fourth-order valence-corrected chi connectivity index (χ4v) is 1.73. The van der Waals surface area contributed by atoms with Crippen LogP contribution in [0.25, 0.3) is 0 Å². The number of hydrogen-bond acceptors (Lipinski definition) is 6. The van der Waals surface area contributed by atoms with Gasteiger partial charge >= 0.3 is 0 Å². The summed E-state index contributed by atoms with van der Waals surface area (Å²) in [6.45, 7) is 0.385. The van der Waals surface area contributed by atoms with Crippen molar-refractivity contribution in [3.63, 3.8) is 0 Å². The largest absolute Gasteiger partial charge is 0.493 e. The van der Waals surface area contributed by atoms with E-state index >= 15 is 0 Å². The van der Waals surface area contributed by atoms with Crippen LogP contribution >= 0.6 is 0 Å². The summed E-state index contributed by atoms with van der Waals surface area (Å²) in [7, 11) is 2.90. The minimum atomic E-state index is -0.475. The van der Waals surface area contributed by atoms with E-state index < -0.39 is 4.92 Å². The van der Waals surface area contributed by atoms with Gasteiger partial charge in [0, 0.05) is 12.3 Å². The van der Waals surface area contributed by atoms with E-state index in [9.17, 15) is 10.1 Å². The summed E-state index contributed by atoms with van der Waals surface area (Å²) in [5.41, 5.74) is 1.08. The number of anilines is 1. The van der Waals surface area contributed by atoms with Crippen LogP contribution in [-0.4, -0.2) is 29.1 Å². The van der Waals surface area contributed by atoms with Crippen LogP contribution in [0, 0.1) is 10.1 Å². The second-order valence-corrected chi connectivity index (χ2v) is 3.91. The van der Waals surface area contributed by atoms with Gasteiger partial charge in [-0.2, -0.15) is 0 Å². The second-order valence-electron chi connectivity index (χ2n) is 3.91. The van der Waals surface area contributed by atoms with Gasteiger partial charge in [-0.3, -0.25) is 10.1 Å². The molecule has 0 saturated carbocycles. The molecule has 0 atom stereocenters. The normalized spacial score (nSPS) is 10.1. The Hall–Kier alpha value is -2.77. The molecule has 8 nitrogen and oxygen atoms in total. The summed E-state index contributed by atoms with van der Waals surface area (Å²) in [5, 5.41) is 14.1. The van der Waals surface area contributed by atoms with E-state index in [1.165, 1.54) is 26.4 Å². The Kier molecular flexibility index (Phi) is 4.04. The Morgan fingerprint density at radius 2 is 2.05 bits per heavy atom. The number of aromatic amines is 1. The van der Waals surface area contributed by atoms with Crippen molar-refractivity contribution in [3.8, 4) is 11.5 Å². The number of hydrogen-bond donors (Lipinski definition) is 2. The van der Waals surface area contributed by atoms with Crippen LogP contribution in [0.4, 0.5) is 11.4 Å². The number of nitro benzene ring substituents is 1. The van der Waals surface area contributed by atoms with Gasteiger partial charge in [-0.1, -0.05) is 0 Å². The molecule has 2 N–H and O–H groups in total. The molecule has 2 rings (SSSR count). The Bertz CT molecular complexity index is 598. The van der Waals surface area contributed by atoms with Gasteiger partial charge < -0.3 is 19.8 Å². The molecule has 0 spiro atoms. The van der Waals surface area contributed by atoms with Crippen molar-refractivity contribution in [1.29, 1.82) is 0 Å². The number of methoxy groups -OCH3 is 2. The summed E-state index contributed by atoms with van der Waals surface area (Å²) in [6.07, 6.45) is 3.18. The Morgan fingerprint density at radius 1 is 1.35 bits per heavy atom. The molecule has 20 heavy (non-hydrogen) atoms. The first kappa shape index (κ1) is 13.7. The van der Waals surface area contributed by atoms with E-state index in [4.69, 9.17) is 9.47 Å². The monoisotopic (exact) mass is 278 g/mol. The lowest BCUT2D eigenvalue weighted by atomic mass is 10.2. The predicted molar refractivity (Wildman–Crippen MR) is 72.1 cm³/mol. The molecule has 0 fully saturated rings. The molecular weight excluding hydrogens is 264 g/mol. The van der Waals surface area contributed by atoms with Crippen LogP contribution in [0.2, 0.25) is 0 Å². The summed E-state index contributed by atoms with van der Waals surface area (Å²) < 4.78 is 10.2. The van der Waals surface area contributed by atoms with Gasteiger partial charge in [0.15, 0.2) is 11.5 Å². The van der Waals surface area contributed by atoms with Crippen LogP contribution in [0.1, 0.15) is 5.69 Å². The highest BCUT2D eigenvalue weighted by Crippen LogP contribution is 2.37. The molecule has 1 aromatic heterocycles. The molecule has 8 heteroatoms. The summed E-state index contributed by atoms with van der Waals surface area (Å²) in [5.74, 6) is 0.733. The third-order valence-corrected chi connectivity index (χ3v) is 2.72. The fourth-order valence-electron chi connectivity index (χ4n) is 1.73. The zero-order valence-corrected chi connectivity index (χ0v) is 11.0. The molecule has 0 amide bonds. The maximum absolute atomic E-state index is 11.1. The average molecular weight is 278 g/mol. The highest BCUT2D eigenvalue weighted by Gasteiger charge is 2.19. The topological polar surface area (TPSA) is 102 Å². The zero-order chi connectivity index (χ0) is 14.5. The van der Waals surface area contributed by atoms with E-state index in [1.54, 1.807) is 12.5 Å². The number of nitro groups is 1. The quantitative estimate of drug-likeness (QED) is 0.618. The summed E-state index contributed by atoms with van der Waals surface area (Å²) >= 11 is 0. The predicted octanol–water partition coefficient (Wildman–Crippen LogP) is 1.95. The zero-order valence-electron chi connectivity index (χ0n) is 11.0. The molecule has 0 bridgehead atoms. The van der Waals surface area contributed by atoms with E-state index in [-0.39, 0.29) is 5.69 Å². The van der Waals surface area contributed by atoms with Crippen LogP contribution in [0.15, 0.2) is 24.7 Å². The second kappa shape index (κ2) is 5.91. The molecule has 0 radical (unpaired) electrons. The van der Waals surface area contributed by atoms with E-state index in [0.717, 1.165) is 5.69 Å². The van der Waals surface area contributed by atoms with Gasteiger partial charge in [-0.15, -0.1) is 0 Å². The van der Waals surface area contributed by atoms with Gasteiger partial charge in [0.1, 0.15) is 5.69 Å². The third-order valence-electron chi connectivity index (χ3n) is 2.72. The first-order chi connectivity index (χ1) is 9.65. The van der Waals surface area contributed by atoms with Crippen molar-refractivity contribution in [2.24, 2.45) is 0 Å². The highest BCUT2D eigenvalue weighted by molar-refractivity contribution is 5.68. The Balaban J connectivity index is 2.31. The maximum Gasteiger partial charge on any atom is 0.296 e. The lowest BCUT2D eigenvalue weighted by molar-refractivity contribution is -0.384. The van der Waals surface area contributed by atoms with E-state index in [0.29, 0.717) is 23.7 Å². The molecule has 0 aliphatic rings. The standard InChI is InChI=1S/C12H14N4O4/c1-19-11-3-9(14-6-8-5-13-7-15-8)10(16(17)18)4-12(11)20-2/h3-5,7,14H,6H2,1-2H3,(H,13,15). The molecular formula is C12H14N4O4. The molecule has 1 aromatic carbocycles. The van der Waals surface area contributed by atoms with Crippen molar-refractivity contribution in [3.05, 3.63) is 40.5 Å². The summed E-state index contributed by atoms with van der Waals surface area (Å²) in [6, 6.07) is 2.86. The van der Waals surface area contributed by atoms with Crippen molar-refractivity contribution < 1.29 is 14.4 Å². The number of nitrogens with zero attached hydrogens (tertiary/aromatic N) is 2. The lowest BCUT2D eigenvalue weighted by Gasteiger charge is -2.11. The number of nitrogens with one attached hydrogen (secondary N) is 2. The van der Waals surface area contributed by atoms with Gasteiger partial charge in [-0.05, 0) is 0 Å². The minimum Gasteiger partial charge on any atom is -0.493 e. The lowest BCUT2D eigenvalue weighted by Crippen LogP contribution is -2.04. The van der Waals surface area contributed by atoms with Crippen LogP contribution in [0.3, 0.4) is 0 Å². The fraction of sp³-hybridized carbons (Fsp3) is 0.250. The van der Waals surface area contributed by atoms with Gasteiger partial charge in [0.2, 0.25) is 0 Å². The number of H-pyrrole nitrogens is 1. The van der Waals surface area contributed by atoms with Gasteiger partial charge in [-0.25, -0.2) is 4.98 Å². The summed E-state index contributed by atoms with van der Waals surface area (Å²) in [4.78, 5) is 17.4. The number of rotatable bonds is 6. The number of benzene rings is 1. The average Bonchev–Trinajstić information content (AvgIpc) is 2.97. The van der Waals surface area contributed by atoms with Crippen LogP contribution in [0.5, 0.6) is 11.5 Å². The molecule has 0 unspecified atom stereocenters. The Labute approximate surface area is 114 Å². The Morgan fingerprint density at radius 3 is 2.60 bits per heavy atom. The highest BCUT2D eigenvalue weighted by atomic mass is 16.6. The first-order valence-electron chi connectivity index (χ1n) is 5.77. The number of aromatic nitrogens is 2. The van der Waals surface area contributed by atoms with Crippen molar-refractivity contribution in [2.45, 2.75) is 6.54 Å². The molecule has 0 saturated heterocycles. The van der Waals surface area contributed by atoms with Gasteiger partial charge in [0.05, 0.1) is 43.8 Å². The van der Waals surface area contributed by atoms with Crippen molar-refractivity contribution in [1.82, 2.24) is 9.97 Å². The number of ether oxygens (including phenoxy) is 2. The number of imidazole rings is 1. The van der Waals surface area contributed by atoms with E-state index in [1.807, 2.05) is 0 Å². The molecule has 106 valence electrons. The van der Waals surface area contributed by atoms with E-state index in [2.05, 4.69) is 15.3 Å². The smallest absolute Gasteiger partial charge is 0.296 e.